The molecule has 0 atom stereocenters. The molecular weight excluding hydrogens is 353 g/mol. The Kier molecular flexibility index (Phi) is 7.81. The third kappa shape index (κ3) is 5.36. The smallest absolute Gasteiger partial charge is 0.198 e. The van der Waals surface area contributed by atoms with Gasteiger partial charge in [-0.3, -0.25) is 4.99 Å². The number of rotatable bonds is 3. The van der Waals surface area contributed by atoms with Crippen LogP contribution < -0.4 is 5.32 Å². The first kappa shape index (κ1) is 16.2. The minimum absolute atomic E-state index is 0. The zero-order valence-corrected chi connectivity index (χ0v) is 13.4. The van der Waals surface area contributed by atoms with Gasteiger partial charge in [-0.25, -0.2) is 0 Å². The number of anilines is 1. The normalized spacial score (nSPS) is 15.8. The number of hydrogen-bond donors (Lipinski definition) is 2. The molecule has 1 aromatic rings. The molecule has 0 spiro atoms. The van der Waals surface area contributed by atoms with Crippen molar-refractivity contribution in [2.45, 2.75) is 19.3 Å². The predicted molar refractivity (Wildman–Crippen MR) is 90.3 cm³/mol. The van der Waals surface area contributed by atoms with Gasteiger partial charge < -0.3 is 15.3 Å². The molecule has 0 radical (unpaired) electrons. The second-order valence-electron chi connectivity index (χ2n) is 4.47. The van der Waals surface area contributed by atoms with Crippen molar-refractivity contribution in [1.82, 2.24) is 4.90 Å². The minimum Gasteiger partial charge on any atom is -0.394 e. The number of piperidine rings is 1. The van der Waals surface area contributed by atoms with Crippen LogP contribution in [0.2, 0.25) is 0 Å². The van der Waals surface area contributed by atoms with E-state index in [0.717, 1.165) is 24.7 Å². The zero-order chi connectivity index (χ0) is 12.6. The van der Waals surface area contributed by atoms with E-state index in [4.69, 9.17) is 5.11 Å². The van der Waals surface area contributed by atoms with Gasteiger partial charge in [0.2, 0.25) is 0 Å². The van der Waals surface area contributed by atoms with Crippen LogP contribution in [0, 0.1) is 0 Å². The Labute approximate surface area is 131 Å². The van der Waals surface area contributed by atoms with Crippen molar-refractivity contribution >= 4 is 35.6 Å². The first-order chi connectivity index (χ1) is 8.90. The molecule has 0 bridgehead atoms. The Morgan fingerprint density at radius 1 is 1.16 bits per heavy atom. The summed E-state index contributed by atoms with van der Waals surface area (Å²) in [5.74, 6) is 0.884. The topological polar surface area (TPSA) is 47.9 Å². The molecule has 1 aliphatic rings. The molecule has 1 aromatic carbocycles. The van der Waals surface area contributed by atoms with Crippen LogP contribution in [0.4, 0.5) is 5.69 Å². The monoisotopic (exact) mass is 375 g/mol. The molecule has 2 rings (SSSR count). The number of halogens is 1. The van der Waals surface area contributed by atoms with Crippen LogP contribution in [0.15, 0.2) is 35.3 Å². The van der Waals surface area contributed by atoms with E-state index in [1.54, 1.807) is 0 Å². The first-order valence-electron chi connectivity index (χ1n) is 6.62. The summed E-state index contributed by atoms with van der Waals surface area (Å²) >= 11 is 0. The number of para-hydroxylation sites is 1. The van der Waals surface area contributed by atoms with E-state index in [0.29, 0.717) is 6.54 Å². The molecule has 0 amide bonds. The molecule has 19 heavy (non-hydrogen) atoms. The summed E-state index contributed by atoms with van der Waals surface area (Å²) in [7, 11) is 0. The zero-order valence-electron chi connectivity index (χ0n) is 11.1. The van der Waals surface area contributed by atoms with E-state index in [2.05, 4.69) is 15.2 Å². The van der Waals surface area contributed by atoms with Crippen LogP contribution in [0.3, 0.4) is 0 Å². The van der Waals surface area contributed by atoms with Crippen molar-refractivity contribution in [2.24, 2.45) is 4.99 Å². The molecular formula is C14H22IN3O. The van der Waals surface area contributed by atoms with Gasteiger partial charge in [0.25, 0.3) is 0 Å². The number of benzene rings is 1. The highest BCUT2D eigenvalue weighted by molar-refractivity contribution is 14.0. The fraction of sp³-hybridized carbons (Fsp3) is 0.500. The lowest BCUT2D eigenvalue weighted by molar-refractivity contribution is 0.303. The lowest BCUT2D eigenvalue weighted by Crippen LogP contribution is -2.40. The molecule has 0 aliphatic carbocycles. The second kappa shape index (κ2) is 9.14. The third-order valence-corrected chi connectivity index (χ3v) is 3.05. The summed E-state index contributed by atoms with van der Waals surface area (Å²) in [5, 5.41) is 12.3. The van der Waals surface area contributed by atoms with E-state index in [-0.39, 0.29) is 30.6 Å². The summed E-state index contributed by atoms with van der Waals surface area (Å²) < 4.78 is 0. The Balaban J connectivity index is 0.00000180. The van der Waals surface area contributed by atoms with E-state index in [1.165, 1.54) is 19.3 Å². The Bertz CT molecular complexity index is 378. The largest absolute Gasteiger partial charge is 0.394 e. The van der Waals surface area contributed by atoms with Crippen LogP contribution in [0.25, 0.3) is 0 Å². The van der Waals surface area contributed by atoms with Gasteiger partial charge in [0.05, 0.1) is 13.2 Å². The molecule has 1 fully saturated rings. The first-order valence-corrected chi connectivity index (χ1v) is 6.62. The van der Waals surface area contributed by atoms with Crippen molar-refractivity contribution in [1.29, 1.82) is 0 Å². The van der Waals surface area contributed by atoms with Crippen LogP contribution >= 0.6 is 24.0 Å². The summed E-state index contributed by atoms with van der Waals surface area (Å²) in [6.45, 7) is 2.63. The Hall–Kier alpha value is -0.820. The minimum atomic E-state index is 0. The van der Waals surface area contributed by atoms with E-state index >= 15 is 0 Å². The highest BCUT2D eigenvalue weighted by atomic mass is 127. The van der Waals surface area contributed by atoms with Gasteiger partial charge in [-0.2, -0.15) is 0 Å². The fourth-order valence-electron chi connectivity index (χ4n) is 2.13. The molecule has 4 nitrogen and oxygen atoms in total. The van der Waals surface area contributed by atoms with E-state index in [1.807, 2.05) is 30.3 Å². The molecule has 0 unspecified atom stereocenters. The Morgan fingerprint density at radius 2 is 1.84 bits per heavy atom. The van der Waals surface area contributed by atoms with E-state index in [9.17, 15) is 0 Å². The number of likely N-dealkylation sites (tertiary alicyclic amines) is 1. The predicted octanol–water partition coefficient (Wildman–Crippen LogP) is 2.55. The molecule has 106 valence electrons. The summed E-state index contributed by atoms with van der Waals surface area (Å²) in [4.78, 5) is 6.71. The van der Waals surface area contributed by atoms with E-state index < -0.39 is 0 Å². The van der Waals surface area contributed by atoms with Gasteiger partial charge in [-0.15, -0.1) is 24.0 Å². The quantitative estimate of drug-likeness (QED) is 0.485. The maximum atomic E-state index is 8.93. The lowest BCUT2D eigenvalue weighted by atomic mass is 10.1. The molecule has 1 heterocycles. The highest BCUT2D eigenvalue weighted by Gasteiger charge is 2.14. The van der Waals surface area contributed by atoms with Gasteiger partial charge in [-0.05, 0) is 31.4 Å². The van der Waals surface area contributed by atoms with Crippen molar-refractivity contribution in [3.63, 3.8) is 0 Å². The van der Waals surface area contributed by atoms with Gasteiger partial charge in [-0.1, -0.05) is 18.2 Å². The third-order valence-electron chi connectivity index (χ3n) is 3.05. The maximum Gasteiger partial charge on any atom is 0.198 e. The van der Waals surface area contributed by atoms with Crippen molar-refractivity contribution < 1.29 is 5.11 Å². The lowest BCUT2D eigenvalue weighted by Gasteiger charge is -2.30. The van der Waals surface area contributed by atoms with Crippen molar-refractivity contribution in [2.75, 3.05) is 31.6 Å². The average molecular weight is 375 g/mol. The van der Waals surface area contributed by atoms with Crippen LogP contribution in [0.5, 0.6) is 0 Å². The number of nitrogens with zero attached hydrogens (tertiary/aromatic N) is 2. The van der Waals surface area contributed by atoms with Gasteiger partial charge in [0.15, 0.2) is 5.96 Å². The number of hydrogen-bond acceptors (Lipinski definition) is 2. The standard InChI is InChI=1S/C14H21N3O.HI/c18-12-9-15-14(17-10-5-2-6-11-17)16-13-7-3-1-4-8-13;/h1,3-4,7-8,18H,2,5-6,9-12H2,(H,15,16);1H. The van der Waals surface area contributed by atoms with Crippen molar-refractivity contribution in [3.8, 4) is 0 Å². The molecule has 0 saturated carbocycles. The van der Waals surface area contributed by atoms with Crippen LogP contribution in [0.1, 0.15) is 19.3 Å². The molecule has 1 saturated heterocycles. The van der Waals surface area contributed by atoms with Gasteiger partial charge in [0.1, 0.15) is 0 Å². The second-order valence-corrected chi connectivity index (χ2v) is 4.47. The number of aliphatic hydroxyl groups is 1. The highest BCUT2D eigenvalue weighted by Crippen LogP contribution is 2.12. The fourth-order valence-corrected chi connectivity index (χ4v) is 2.13. The molecule has 1 aliphatic heterocycles. The molecule has 5 heteroatoms. The summed E-state index contributed by atoms with van der Waals surface area (Å²) in [5.41, 5.74) is 1.04. The number of nitrogens with one attached hydrogen (secondary N) is 1. The van der Waals surface area contributed by atoms with Crippen LogP contribution in [-0.2, 0) is 0 Å². The number of guanidine groups is 1. The van der Waals surface area contributed by atoms with Crippen LogP contribution in [-0.4, -0.2) is 42.2 Å². The average Bonchev–Trinajstić information content (AvgIpc) is 2.45. The van der Waals surface area contributed by atoms with Gasteiger partial charge >= 0.3 is 0 Å². The van der Waals surface area contributed by atoms with Gasteiger partial charge in [0, 0.05) is 18.8 Å². The SMILES string of the molecule is I.OCCN=C(Nc1ccccc1)N1CCCCC1. The van der Waals surface area contributed by atoms with Crippen molar-refractivity contribution in [3.05, 3.63) is 30.3 Å². The number of aliphatic imine (C=N–C) groups is 1. The molecule has 2 N–H and O–H groups in total. The maximum absolute atomic E-state index is 8.93. The number of aliphatic hydroxyl groups excluding tert-OH is 1. The Morgan fingerprint density at radius 3 is 2.47 bits per heavy atom. The summed E-state index contributed by atoms with van der Waals surface area (Å²) in [6.07, 6.45) is 3.73. The molecule has 0 aromatic heterocycles. The summed E-state index contributed by atoms with van der Waals surface area (Å²) in [6, 6.07) is 10.1.